The lowest BCUT2D eigenvalue weighted by Gasteiger charge is -2.50. The second-order valence-electron chi connectivity index (χ2n) is 12.3. The van der Waals surface area contributed by atoms with Crippen LogP contribution < -0.4 is 5.32 Å². The molecule has 0 radical (unpaired) electrons. The van der Waals surface area contributed by atoms with Gasteiger partial charge in [0.15, 0.2) is 0 Å². The van der Waals surface area contributed by atoms with E-state index in [0.29, 0.717) is 25.2 Å². The lowest BCUT2D eigenvalue weighted by atomic mass is 9.58. The van der Waals surface area contributed by atoms with E-state index in [0.717, 1.165) is 34.5 Å². The minimum atomic E-state index is -0.924. The van der Waals surface area contributed by atoms with E-state index in [-0.39, 0.29) is 22.3 Å². The number of aliphatic imine (C=N–C) groups is 1. The standard InChI is InChI=1S/C36H39N3O3/c1-23-19-30(37-6)31(20-24(23)2)38-21-27-9-7-8-10-28(27)33(40)39-18-16-32-35(3,4)29(15-17-36(32,5)22-39)25-11-13-26(14-12-25)34(41)42/h7-16,19-20,38H,6,17-18,21-22H2,1-5H3,(H,41,42)/t36-/m1/s1. The van der Waals surface area contributed by atoms with Crippen molar-refractivity contribution in [1.29, 1.82) is 0 Å². The number of hydrogen-bond donors (Lipinski definition) is 2. The molecule has 0 bridgehead atoms. The second kappa shape index (κ2) is 11.1. The number of carboxylic acid groups (broad SMARTS) is 1. The van der Waals surface area contributed by atoms with Crippen molar-refractivity contribution in [3.05, 3.63) is 112 Å². The van der Waals surface area contributed by atoms with Gasteiger partial charge in [0.2, 0.25) is 0 Å². The summed E-state index contributed by atoms with van der Waals surface area (Å²) in [6.45, 7) is 16.2. The molecule has 3 aromatic rings. The molecule has 42 heavy (non-hydrogen) atoms. The van der Waals surface area contributed by atoms with Gasteiger partial charge in [-0.25, -0.2) is 4.79 Å². The third-order valence-corrected chi connectivity index (χ3v) is 9.04. The van der Waals surface area contributed by atoms with Crippen LogP contribution in [0.25, 0.3) is 5.57 Å². The molecular weight excluding hydrogens is 522 g/mol. The molecule has 1 heterocycles. The molecule has 2 N–H and O–H groups in total. The normalized spacial score (nSPS) is 19.3. The molecule has 0 fully saturated rings. The van der Waals surface area contributed by atoms with Crippen LogP contribution in [-0.4, -0.2) is 41.7 Å². The fourth-order valence-corrected chi connectivity index (χ4v) is 6.67. The summed E-state index contributed by atoms with van der Waals surface area (Å²) in [6, 6.07) is 19.0. The van der Waals surface area contributed by atoms with Crippen LogP contribution in [0.15, 0.2) is 83.4 Å². The third kappa shape index (κ3) is 5.29. The van der Waals surface area contributed by atoms with Gasteiger partial charge < -0.3 is 15.3 Å². The minimum Gasteiger partial charge on any atom is -0.478 e. The van der Waals surface area contributed by atoms with Gasteiger partial charge in [-0.05, 0) is 85.1 Å². The van der Waals surface area contributed by atoms with Crippen molar-refractivity contribution in [3.63, 3.8) is 0 Å². The number of hydrogen-bond acceptors (Lipinski definition) is 4. The predicted octanol–water partition coefficient (Wildman–Crippen LogP) is 7.85. The number of carbonyl (C=O) groups excluding carboxylic acids is 1. The minimum absolute atomic E-state index is 0.0305. The van der Waals surface area contributed by atoms with E-state index >= 15 is 0 Å². The van der Waals surface area contributed by atoms with E-state index < -0.39 is 5.97 Å². The van der Waals surface area contributed by atoms with Crippen molar-refractivity contribution in [1.82, 2.24) is 4.90 Å². The highest BCUT2D eigenvalue weighted by molar-refractivity contribution is 5.96. The molecular formula is C36H39N3O3. The lowest BCUT2D eigenvalue weighted by molar-refractivity contribution is 0.0677. The summed E-state index contributed by atoms with van der Waals surface area (Å²) in [5, 5.41) is 12.8. The Hall–Kier alpha value is -4.45. The number of allylic oxidation sites excluding steroid dienone is 2. The highest BCUT2D eigenvalue weighted by atomic mass is 16.4. The number of aryl methyl sites for hydroxylation is 2. The molecule has 0 spiro atoms. The van der Waals surface area contributed by atoms with Crippen LogP contribution in [0.4, 0.5) is 11.4 Å². The first-order chi connectivity index (χ1) is 19.9. The van der Waals surface area contributed by atoms with Gasteiger partial charge in [-0.3, -0.25) is 9.79 Å². The number of nitrogens with zero attached hydrogens (tertiary/aromatic N) is 2. The molecule has 6 heteroatoms. The summed E-state index contributed by atoms with van der Waals surface area (Å²) in [7, 11) is 0. The first-order valence-corrected chi connectivity index (χ1v) is 14.4. The average molecular weight is 562 g/mol. The quantitative estimate of drug-likeness (QED) is 0.227. The zero-order valence-corrected chi connectivity index (χ0v) is 25.1. The van der Waals surface area contributed by atoms with Crippen molar-refractivity contribution >= 4 is 35.5 Å². The fraction of sp³-hybridized carbons (Fsp3) is 0.306. The Kier molecular flexibility index (Phi) is 7.67. The Balaban J connectivity index is 1.37. The van der Waals surface area contributed by atoms with Crippen LogP contribution in [0.3, 0.4) is 0 Å². The number of fused-ring (bicyclic) bond motifs is 1. The van der Waals surface area contributed by atoms with Gasteiger partial charge in [0.1, 0.15) is 0 Å². The summed E-state index contributed by atoms with van der Waals surface area (Å²) in [5.74, 6) is -0.894. The number of benzene rings is 3. The molecule has 0 saturated carbocycles. The number of amides is 1. The Bertz CT molecular complexity index is 1630. The van der Waals surface area contributed by atoms with Gasteiger partial charge in [0, 0.05) is 36.0 Å². The Morgan fingerprint density at radius 2 is 1.69 bits per heavy atom. The molecule has 1 atom stereocenters. The monoisotopic (exact) mass is 561 g/mol. The van der Waals surface area contributed by atoms with Crippen molar-refractivity contribution in [2.75, 3.05) is 18.4 Å². The molecule has 1 aliphatic heterocycles. The van der Waals surface area contributed by atoms with Crippen molar-refractivity contribution < 1.29 is 14.7 Å². The summed E-state index contributed by atoms with van der Waals surface area (Å²) in [6.07, 6.45) is 5.31. The molecule has 216 valence electrons. The van der Waals surface area contributed by atoms with Crippen LogP contribution in [-0.2, 0) is 6.54 Å². The highest BCUT2D eigenvalue weighted by Crippen LogP contribution is 2.55. The molecule has 5 rings (SSSR count). The smallest absolute Gasteiger partial charge is 0.335 e. The Morgan fingerprint density at radius 3 is 2.38 bits per heavy atom. The second-order valence-corrected chi connectivity index (χ2v) is 12.3. The summed E-state index contributed by atoms with van der Waals surface area (Å²) in [5.41, 5.74) is 9.06. The van der Waals surface area contributed by atoms with E-state index in [2.05, 4.69) is 69.9 Å². The van der Waals surface area contributed by atoms with Gasteiger partial charge >= 0.3 is 5.97 Å². The van der Waals surface area contributed by atoms with Gasteiger partial charge in [-0.2, -0.15) is 0 Å². The SMILES string of the molecule is C=Nc1cc(C)c(C)cc1NCc1ccccc1C(=O)N1CC=C2C(C)(C)C(c3ccc(C(=O)O)cc3)=CC[C@]2(C)C1. The number of nitrogens with one attached hydrogen (secondary N) is 1. The average Bonchev–Trinajstić information content (AvgIpc) is 2.97. The van der Waals surface area contributed by atoms with E-state index in [1.165, 1.54) is 16.7 Å². The number of anilines is 1. The first kappa shape index (κ1) is 29.1. The molecule has 1 aliphatic carbocycles. The maximum absolute atomic E-state index is 14.0. The molecule has 2 aliphatic rings. The van der Waals surface area contributed by atoms with Gasteiger partial charge in [0.05, 0.1) is 16.9 Å². The van der Waals surface area contributed by atoms with Crippen molar-refractivity contribution in [2.45, 2.75) is 47.6 Å². The van der Waals surface area contributed by atoms with E-state index in [1.54, 1.807) is 12.1 Å². The number of rotatable bonds is 7. The molecule has 0 saturated heterocycles. The lowest BCUT2D eigenvalue weighted by Crippen LogP contribution is -2.48. The molecule has 3 aromatic carbocycles. The molecule has 6 nitrogen and oxygen atoms in total. The van der Waals surface area contributed by atoms with Crippen LogP contribution in [0.1, 0.15) is 70.2 Å². The molecule has 0 aromatic heterocycles. The van der Waals surface area contributed by atoms with Crippen LogP contribution in [0, 0.1) is 24.7 Å². The summed E-state index contributed by atoms with van der Waals surface area (Å²) < 4.78 is 0. The zero-order valence-electron chi connectivity index (χ0n) is 25.1. The molecule has 1 amide bonds. The topological polar surface area (TPSA) is 82.0 Å². The largest absolute Gasteiger partial charge is 0.478 e. The van der Waals surface area contributed by atoms with E-state index in [1.807, 2.05) is 47.4 Å². The van der Waals surface area contributed by atoms with Crippen LogP contribution in [0.5, 0.6) is 0 Å². The maximum atomic E-state index is 14.0. The first-order valence-electron chi connectivity index (χ1n) is 14.4. The number of aromatic carboxylic acids is 1. The van der Waals surface area contributed by atoms with Crippen molar-refractivity contribution in [2.24, 2.45) is 15.8 Å². The maximum Gasteiger partial charge on any atom is 0.335 e. The van der Waals surface area contributed by atoms with Gasteiger partial charge in [-0.1, -0.05) is 68.8 Å². The predicted molar refractivity (Wildman–Crippen MR) is 171 cm³/mol. The fourth-order valence-electron chi connectivity index (χ4n) is 6.67. The van der Waals surface area contributed by atoms with Gasteiger partial charge in [0.25, 0.3) is 5.91 Å². The Morgan fingerprint density at radius 1 is 1.00 bits per heavy atom. The Labute approximate surface area is 248 Å². The highest BCUT2D eigenvalue weighted by Gasteiger charge is 2.46. The molecule has 0 unspecified atom stereocenters. The van der Waals surface area contributed by atoms with Crippen LogP contribution in [0.2, 0.25) is 0 Å². The zero-order chi connectivity index (χ0) is 30.2. The third-order valence-electron chi connectivity index (χ3n) is 9.04. The van der Waals surface area contributed by atoms with Crippen molar-refractivity contribution in [3.8, 4) is 0 Å². The summed E-state index contributed by atoms with van der Waals surface area (Å²) in [4.78, 5) is 31.5. The van der Waals surface area contributed by atoms with E-state index in [9.17, 15) is 14.7 Å². The van der Waals surface area contributed by atoms with Crippen LogP contribution >= 0.6 is 0 Å². The number of carboxylic acids is 1. The number of carbonyl (C=O) groups is 2. The van der Waals surface area contributed by atoms with E-state index in [4.69, 9.17) is 0 Å². The van der Waals surface area contributed by atoms with Gasteiger partial charge in [-0.15, -0.1) is 0 Å². The summed E-state index contributed by atoms with van der Waals surface area (Å²) >= 11 is 0.